The fourth-order valence-corrected chi connectivity index (χ4v) is 3.63. The number of aromatic nitrogens is 3. The topological polar surface area (TPSA) is 77.0 Å². The molecule has 0 aliphatic rings. The van der Waals surface area contributed by atoms with Crippen LogP contribution in [0.3, 0.4) is 0 Å². The van der Waals surface area contributed by atoms with Crippen LogP contribution in [0.15, 0.2) is 47.6 Å². The molecule has 1 atom stereocenters. The summed E-state index contributed by atoms with van der Waals surface area (Å²) in [6, 6.07) is 14.4. The third-order valence-corrected chi connectivity index (χ3v) is 5.08. The number of hydrogen-bond acceptors (Lipinski definition) is 5. The van der Waals surface area contributed by atoms with Crippen molar-refractivity contribution in [2.24, 2.45) is 0 Å². The second-order valence-corrected chi connectivity index (χ2v) is 7.38. The smallest absolute Gasteiger partial charge is 0.235 e. The number of rotatable bonds is 5. The molecule has 0 saturated carbocycles. The quantitative estimate of drug-likeness (QED) is 0.561. The minimum absolute atomic E-state index is 0.0172. The molecule has 130 valence electrons. The summed E-state index contributed by atoms with van der Waals surface area (Å²) >= 11 is 1.31. The van der Waals surface area contributed by atoms with Gasteiger partial charge in [-0.2, -0.15) is 0 Å². The van der Waals surface area contributed by atoms with E-state index in [1.165, 1.54) is 27.2 Å². The van der Waals surface area contributed by atoms with Gasteiger partial charge in [0.05, 0.1) is 5.25 Å². The summed E-state index contributed by atoms with van der Waals surface area (Å²) in [6.45, 7) is 1.84. The van der Waals surface area contributed by atoms with Crippen molar-refractivity contribution in [2.75, 3.05) is 19.9 Å². The van der Waals surface area contributed by atoms with Crippen molar-refractivity contribution in [3.05, 3.63) is 53.9 Å². The zero-order valence-electron chi connectivity index (χ0n) is 14.5. The van der Waals surface area contributed by atoms with Crippen LogP contribution in [0, 0.1) is 0 Å². The number of carbonyl (C=O) groups is 1. The van der Waals surface area contributed by atoms with Crippen LogP contribution in [-0.2, 0) is 11.2 Å². The zero-order chi connectivity index (χ0) is 18.0. The SMILES string of the molecule is C[C@H](Sc1nnc(Cc2cccc3ccccc23)n1N)C(=O)N(C)C. The van der Waals surface area contributed by atoms with E-state index in [-0.39, 0.29) is 11.2 Å². The highest BCUT2D eigenvalue weighted by atomic mass is 32.2. The summed E-state index contributed by atoms with van der Waals surface area (Å²) in [5, 5.41) is 11.0. The fourth-order valence-electron chi connectivity index (χ4n) is 2.70. The number of hydrogen-bond donors (Lipinski definition) is 1. The first kappa shape index (κ1) is 17.3. The van der Waals surface area contributed by atoms with E-state index in [1.807, 2.05) is 25.1 Å². The Morgan fingerprint density at radius 2 is 1.92 bits per heavy atom. The van der Waals surface area contributed by atoms with Gasteiger partial charge in [-0.05, 0) is 23.3 Å². The second kappa shape index (κ2) is 7.14. The maximum atomic E-state index is 12.0. The lowest BCUT2D eigenvalue weighted by atomic mass is 10.0. The van der Waals surface area contributed by atoms with Crippen molar-refractivity contribution in [3.8, 4) is 0 Å². The van der Waals surface area contributed by atoms with Crippen LogP contribution in [0.5, 0.6) is 0 Å². The molecule has 1 heterocycles. The van der Waals surface area contributed by atoms with E-state index in [0.717, 1.165) is 5.56 Å². The average molecular weight is 355 g/mol. The third kappa shape index (κ3) is 3.61. The molecule has 2 aromatic carbocycles. The van der Waals surface area contributed by atoms with E-state index < -0.39 is 0 Å². The first-order chi connectivity index (χ1) is 12.0. The molecule has 0 unspecified atom stereocenters. The first-order valence-corrected chi connectivity index (χ1v) is 8.89. The standard InChI is InChI=1S/C18H21N5OS/c1-12(17(24)22(2)3)25-18-21-20-16(23(18)19)11-14-9-6-8-13-7-4-5-10-15(13)14/h4-10,12H,11,19H2,1-3H3/t12-/m0/s1. The molecule has 0 bridgehead atoms. The van der Waals surface area contributed by atoms with E-state index in [0.29, 0.717) is 17.4 Å². The Kier molecular flexibility index (Phi) is 4.94. The van der Waals surface area contributed by atoms with Gasteiger partial charge in [0.1, 0.15) is 0 Å². The second-order valence-electron chi connectivity index (χ2n) is 6.08. The maximum absolute atomic E-state index is 12.0. The third-order valence-electron chi connectivity index (χ3n) is 4.03. The van der Waals surface area contributed by atoms with Crippen LogP contribution in [0.1, 0.15) is 18.3 Å². The lowest BCUT2D eigenvalue weighted by molar-refractivity contribution is -0.127. The first-order valence-electron chi connectivity index (χ1n) is 8.01. The lowest BCUT2D eigenvalue weighted by Crippen LogP contribution is -2.30. The molecule has 25 heavy (non-hydrogen) atoms. The summed E-state index contributed by atoms with van der Waals surface area (Å²) in [4.78, 5) is 13.6. The van der Waals surface area contributed by atoms with Crippen molar-refractivity contribution < 1.29 is 4.79 Å². The van der Waals surface area contributed by atoms with Gasteiger partial charge in [0, 0.05) is 20.5 Å². The number of nitrogens with zero attached hydrogens (tertiary/aromatic N) is 4. The number of fused-ring (bicyclic) bond motifs is 1. The van der Waals surface area contributed by atoms with Crippen molar-refractivity contribution >= 4 is 28.4 Å². The van der Waals surface area contributed by atoms with Gasteiger partial charge in [0.2, 0.25) is 11.1 Å². The van der Waals surface area contributed by atoms with Crippen LogP contribution in [0.2, 0.25) is 0 Å². The summed E-state index contributed by atoms with van der Waals surface area (Å²) in [5.41, 5.74) is 1.14. The molecule has 0 aliphatic carbocycles. The summed E-state index contributed by atoms with van der Waals surface area (Å²) in [5.74, 6) is 6.85. The predicted octanol–water partition coefficient (Wildman–Crippen LogP) is 2.30. The summed E-state index contributed by atoms with van der Waals surface area (Å²) < 4.78 is 1.48. The molecule has 0 aliphatic heterocycles. The predicted molar refractivity (Wildman–Crippen MR) is 101 cm³/mol. The number of nitrogens with two attached hydrogens (primary N) is 1. The highest BCUT2D eigenvalue weighted by molar-refractivity contribution is 8.00. The average Bonchev–Trinajstić information content (AvgIpc) is 2.94. The van der Waals surface area contributed by atoms with E-state index in [1.54, 1.807) is 19.0 Å². The van der Waals surface area contributed by atoms with Gasteiger partial charge in [-0.3, -0.25) is 4.79 Å². The molecule has 2 N–H and O–H groups in total. The van der Waals surface area contributed by atoms with E-state index in [2.05, 4.69) is 34.5 Å². The van der Waals surface area contributed by atoms with Gasteiger partial charge in [-0.25, -0.2) is 4.68 Å². The van der Waals surface area contributed by atoms with Gasteiger partial charge in [0.15, 0.2) is 5.82 Å². The van der Waals surface area contributed by atoms with Crippen molar-refractivity contribution in [1.82, 2.24) is 19.8 Å². The monoisotopic (exact) mass is 355 g/mol. The van der Waals surface area contributed by atoms with Gasteiger partial charge in [0.25, 0.3) is 0 Å². The molecule has 0 saturated heterocycles. The molecule has 0 spiro atoms. The number of thioether (sulfide) groups is 1. The number of amides is 1. The molecule has 0 fully saturated rings. The molecular formula is C18H21N5OS. The summed E-state index contributed by atoms with van der Waals surface area (Å²) in [7, 11) is 3.47. The molecular weight excluding hydrogens is 334 g/mol. The molecule has 1 aromatic heterocycles. The van der Waals surface area contributed by atoms with Crippen molar-refractivity contribution in [3.63, 3.8) is 0 Å². The normalized spacial score (nSPS) is 12.3. The Morgan fingerprint density at radius 1 is 1.20 bits per heavy atom. The zero-order valence-corrected chi connectivity index (χ0v) is 15.3. The number of nitrogen functional groups attached to an aromatic ring is 1. The molecule has 7 heteroatoms. The minimum Gasteiger partial charge on any atom is -0.348 e. The van der Waals surface area contributed by atoms with Crippen LogP contribution >= 0.6 is 11.8 Å². The molecule has 6 nitrogen and oxygen atoms in total. The molecule has 3 rings (SSSR count). The number of carbonyl (C=O) groups excluding carboxylic acids is 1. The van der Waals surface area contributed by atoms with Gasteiger partial charge >= 0.3 is 0 Å². The van der Waals surface area contributed by atoms with E-state index >= 15 is 0 Å². The van der Waals surface area contributed by atoms with Gasteiger partial charge in [-0.15, -0.1) is 10.2 Å². The lowest BCUT2D eigenvalue weighted by Gasteiger charge is -2.15. The highest BCUT2D eigenvalue weighted by Gasteiger charge is 2.20. The summed E-state index contributed by atoms with van der Waals surface area (Å²) in [6.07, 6.45) is 0.585. The van der Waals surface area contributed by atoms with Crippen LogP contribution in [0.25, 0.3) is 10.8 Å². The minimum atomic E-state index is -0.271. The van der Waals surface area contributed by atoms with Crippen LogP contribution in [0.4, 0.5) is 0 Å². The molecule has 3 aromatic rings. The molecule has 0 radical (unpaired) electrons. The Bertz CT molecular complexity index is 900. The van der Waals surface area contributed by atoms with Crippen molar-refractivity contribution in [1.29, 1.82) is 0 Å². The Morgan fingerprint density at radius 3 is 2.68 bits per heavy atom. The largest absolute Gasteiger partial charge is 0.348 e. The van der Waals surface area contributed by atoms with E-state index in [9.17, 15) is 4.79 Å². The highest BCUT2D eigenvalue weighted by Crippen LogP contribution is 2.24. The van der Waals surface area contributed by atoms with Crippen molar-refractivity contribution in [2.45, 2.75) is 23.8 Å². The van der Waals surface area contributed by atoms with E-state index in [4.69, 9.17) is 5.84 Å². The van der Waals surface area contributed by atoms with Gasteiger partial charge < -0.3 is 10.7 Å². The van der Waals surface area contributed by atoms with Crippen LogP contribution in [-0.4, -0.2) is 45.0 Å². The maximum Gasteiger partial charge on any atom is 0.235 e. The molecule has 1 amide bonds. The Balaban J connectivity index is 1.83. The Hall–Kier alpha value is -2.54. The van der Waals surface area contributed by atoms with Crippen LogP contribution < -0.4 is 5.84 Å². The number of benzene rings is 2. The Labute approximate surface area is 151 Å². The van der Waals surface area contributed by atoms with Gasteiger partial charge in [-0.1, -0.05) is 54.2 Å². The fraction of sp³-hybridized carbons (Fsp3) is 0.278.